The van der Waals surface area contributed by atoms with E-state index in [2.05, 4.69) is 0 Å². The fourth-order valence-electron chi connectivity index (χ4n) is 1.90. The summed E-state index contributed by atoms with van der Waals surface area (Å²) in [4.78, 5) is 22.4. The Morgan fingerprint density at radius 3 is 2.41 bits per heavy atom. The molecule has 0 aliphatic rings. The summed E-state index contributed by atoms with van der Waals surface area (Å²) in [7, 11) is 0. The van der Waals surface area contributed by atoms with Gasteiger partial charge in [-0.3, -0.25) is 14.9 Å². The maximum atomic E-state index is 12.3. The molecule has 0 radical (unpaired) electrons. The van der Waals surface area contributed by atoms with Crippen LogP contribution in [0.2, 0.25) is 5.02 Å². The molecule has 2 aromatic rings. The van der Waals surface area contributed by atoms with E-state index in [1.807, 2.05) is 19.1 Å². The molecule has 1 atom stereocenters. The van der Waals surface area contributed by atoms with Crippen LogP contribution in [0, 0.1) is 17.0 Å². The molecule has 0 bridgehead atoms. The van der Waals surface area contributed by atoms with Crippen LogP contribution in [0.4, 0.5) is 5.69 Å². The Kier molecular flexibility index (Phi) is 4.78. The van der Waals surface area contributed by atoms with Crippen molar-refractivity contribution in [2.75, 3.05) is 0 Å². The van der Waals surface area contributed by atoms with Crippen LogP contribution in [0.1, 0.15) is 22.8 Å². The number of nitro groups is 1. The van der Waals surface area contributed by atoms with Crippen molar-refractivity contribution in [3.05, 3.63) is 68.7 Å². The molecule has 0 aliphatic carbocycles. The Bertz CT molecular complexity index is 713. The first-order chi connectivity index (χ1) is 10.4. The minimum Gasteiger partial charge on any atom is -0.481 e. The summed E-state index contributed by atoms with van der Waals surface area (Å²) < 4.78 is 5.52. The molecule has 0 aromatic heterocycles. The Balaban J connectivity index is 2.14. The SMILES string of the molecule is Cc1ccc(C(=O)[C@@H](C)Oc2ccc([N+](=O)[O-])cc2Cl)cc1. The zero-order valence-corrected chi connectivity index (χ0v) is 12.8. The number of hydrogen-bond donors (Lipinski definition) is 0. The average molecular weight is 320 g/mol. The van der Waals surface area contributed by atoms with Gasteiger partial charge in [-0.15, -0.1) is 0 Å². The lowest BCUT2D eigenvalue weighted by atomic mass is 10.1. The summed E-state index contributed by atoms with van der Waals surface area (Å²) in [6, 6.07) is 11.0. The van der Waals surface area contributed by atoms with Crippen molar-refractivity contribution in [1.29, 1.82) is 0 Å². The lowest BCUT2D eigenvalue weighted by molar-refractivity contribution is -0.384. The van der Waals surface area contributed by atoms with E-state index >= 15 is 0 Å². The second-order valence-corrected chi connectivity index (χ2v) is 5.27. The van der Waals surface area contributed by atoms with E-state index in [-0.39, 0.29) is 22.2 Å². The first-order valence-electron chi connectivity index (χ1n) is 6.60. The maximum Gasteiger partial charge on any atom is 0.271 e. The van der Waals surface area contributed by atoms with Gasteiger partial charge in [-0.05, 0) is 19.9 Å². The number of nitrogens with zero attached hydrogens (tertiary/aromatic N) is 1. The van der Waals surface area contributed by atoms with E-state index in [1.165, 1.54) is 18.2 Å². The smallest absolute Gasteiger partial charge is 0.271 e. The highest BCUT2D eigenvalue weighted by Gasteiger charge is 2.19. The molecule has 0 heterocycles. The molecular weight excluding hydrogens is 306 g/mol. The lowest BCUT2D eigenvalue weighted by Crippen LogP contribution is -2.24. The fourth-order valence-corrected chi connectivity index (χ4v) is 2.11. The second kappa shape index (κ2) is 6.58. The lowest BCUT2D eigenvalue weighted by Gasteiger charge is -2.14. The maximum absolute atomic E-state index is 12.3. The molecule has 0 N–H and O–H groups in total. The number of carbonyl (C=O) groups excluding carboxylic acids is 1. The molecule has 0 unspecified atom stereocenters. The van der Waals surface area contributed by atoms with E-state index in [1.54, 1.807) is 19.1 Å². The van der Waals surface area contributed by atoms with Crippen molar-refractivity contribution in [2.24, 2.45) is 0 Å². The highest BCUT2D eigenvalue weighted by molar-refractivity contribution is 6.32. The van der Waals surface area contributed by atoms with E-state index in [0.29, 0.717) is 5.56 Å². The van der Waals surface area contributed by atoms with Crippen molar-refractivity contribution in [2.45, 2.75) is 20.0 Å². The van der Waals surface area contributed by atoms with Gasteiger partial charge in [-0.2, -0.15) is 0 Å². The van der Waals surface area contributed by atoms with Crippen molar-refractivity contribution >= 4 is 23.1 Å². The van der Waals surface area contributed by atoms with Crippen LogP contribution >= 0.6 is 11.6 Å². The highest BCUT2D eigenvalue weighted by atomic mass is 35.5. The van der Waals surface area contributed by atoms with Crippen LogP contribution in [-0.4, -0.2) is 16.8 Å². The summed E-state index contributed by atoms with van der Waals surface area (Å²) in [6.45, 7) is 3.55. The third-order valence-electron chi connectivity index (χ3n) is 3.14. The molecular formula is C16H14ClNO4. The molecule has 5 nitrogen and oxygen atoms in total. The largest absolute Gasteiger partial charge is 0.481 e. The van der Waals surface area contributed by atoms with Gasteiger partial charge in [-0.1, -0.05) is 41.4 Å². The monoisotopic (exact) mass is 319 g/mol. The predicted molar refractivity (Wildman–Crippen MR) is 83.7 cm³/mol. The third kappa shape index (κ3) is 3.62. The molecule has 0 fully saturated rings. The number of benzene rings is 2. The number of halogens is 1. The van der Waals surface area contributed by atoms with Crippen molar-refractivity contribution in [1.82, 2.24) is 0 Å². The number of carbonyl (C=O) groups is 1. The van der Waals surface area contributed by atoms with Crippen LogP contribution in [-0.2, 0) is 0 Å². The average Bonchev–Trinajstić information content (AvgIpc) is 2.49. The summed E-state index contributed by atoms with van der Waals surface area (Å²) in [6.07, 6.45) is -0.748. The molecule has 0 saturated heterocycles. The van der Waals surface area contributed by atoms with E-state index in [9.17, 15) is 14.9 Å². The first kappa shape index (κ1) is 16.0. The number of aryl methyl sites for hydroxylation is 1. The normalized spacial score (nSPS) is 11.8. The van der Waals surface area contributed by atoms with Gasteiger partial charge in [0, 0.05) is 17.7 Å². The van der Waals surface area contributed by atoms with Gasteiger partial charge in [0.05, 0.1) is 9.95 Å². The van der Waals surface area contributed by atoms with Crippen molar-refractivity contribution in [3.8, 4) is 5.75 Å². The van der Waals surface area contributed by atoms with Gasteiger partial charge in [-0.25, -0.2) is 0 Å². The summed E-state index contributed by atoms with van der Waals surface area (Å²) in [5.74, 6) is 0.0506. The van der Waals surface area contributed by atoms with Gasteiger partial charge < -0.3 is 4.74 Å². The highest BCUT2D eigenvalue weighted by Crippen LogP contribution is 2.29. The number of rotatable bonds is 5. The van der Waals surface area contributed by atoms with Crippen LogP contribution in [0.15, 0.2) is 42.5 Å². The molecule has 0 saturated carbocycles. The summed E-state index contributed by atoms with van der Waals surface area (Å²) in [5, 5.41) is 10.8. The Labute approximate surface area is 132 Å². The predicted octanol–water partition coefficient (Wildman–Crippen LogP) is 4.21. The summed E-state index contributed by atoms with van der Waals surface area (Å²) >= 11 is 5.95. The zero-order valence-electron chi connectivity index (χ0n) is 12.1. The van der Waals surface area contributed by atoms with Gasteiger partial charge in [0.2, 0.25) is 5.78 Å². The van der Waals surface area contributed by atoms with Crippen LogP contribution < -0.4 is 4.74 Å². The van der Waals surface area contributed by atoms with Gasteiger partial charge >= 0.3 is 0 Å². The fraction of sp³-hybridized carbons (Fsp3) is 0.188. The summed E-state index contributed by atoms with van der Waals surface area (Å²) in [5.41, 5.74) is 1.47. The van der Waals surface area contributed by atoms with E-state index in [0.717, 1.165) is 5.56 Å². The third-order valence-corrected chi connectivity index (χ3v) is 3.43. The quantitative estimate of drug-likeness (QED) is 0.470. The number of hydrogen-bond acceptors (Lipinski definition) is 4. The number of ether oxygens (including phenoxy) is 1. The number of nitro benzene ring substituents is 1. The molecule has 0 amide bonds. The van der Waals surface area contributed by atoms with Crippen LogP contribution in [0.3, 0.4) is 0 Å². The minimum absolute atomic E-state index is 0.0951. The first-order valence-corrected chi connectivity index (χ1v) is 6.98. The van der Waals surface area contributed by atoms with E-state index < -0.39 is 11.0 Å². The van der Waals surface area contributed by atoms with Gasteiger partial charge in [0.25, 0.3) is 5.69 Å². The van der Waals surface area contributed by atoms with Gasteiger partial charge in [0.15, 0.2) is 6.10 Å². The van der Waals surface area contributed by atoms with Crippen LogP contribution in [0.5, 0.6) is 5.75 Å². The van der Waals surface area contributed by atoms with Crippen molar-refractivity contribution in [3.63, 3.8) is 0 Å². The number of non-ortho nitro benzene ring substituents is 1. The second-order valence-electron chi connectivity index (χ2n) is 4.86. The minimum atomic E-state index is -0.748. The number of ketones is 1. The Morgan fingerprint density at radius 1 is 1.23 bits per heavy atom. The van der Waals surface area contributed by atoms with Crippen molar-refractivity contribution < 1.29 is 14.5 Å². The molecule has 2 rings (SSSR count). The Morgan fingerprint density at radius 2 is 1.86 bits per heavy atom. The molecule has 114 valence electrons. The van der Waals surface area contributed by atoms with Crippen LogP contribution in [0.25, 0.3) is 0 Å². The van der Waals surface area contributed by atoms with Gasteiger partial charge in [0.1, 0.15) is 5.75 Å². The molecule has 0 aliphatic heterocycles. The topological polar surface area (TPSA) is 69.4 Å². The Hall–Kier alpha value is -2.40. The van der Waals surface area contributed by atoms with E-state index in [4.69, 9.17) is 16.3 Å². The molecule has 2 aromatic carbocycles. The molecule has 22 heavy (non-hydrogen) atoms. The number of Topliss-reactive ketones (excluding diaryl/α,β-unsaturated/α-hetero) is 1. The molecule has 6 heteroatoms. The standard InChI is InChI=1S/C16H14ClNO4/c1-10-3-5-12(6-4-10)16(19)11(2)22-15-8-7-13(18(20)21)9-14(15)17/h3-9,11H,1-2H3/t11-/m1/s1. The zero-order chi connectivity index (χ0) is 16.3. The molecule has 0 spiro atoms.